The third kappa shape index (κ3) is 3.31. The summed E-state index contributed by atoms with van der Waals surface area (Å²) < 4.78 is 24.2. The van der Waals surface area contributed by atoms with Crippen LogP contribution in [-0.2, 0) is 15.6 Å². The Kier molecular flexibility index (Phi) is 3.49. The van der Waals surface area contributed by atoms with Crippen molar-refractivity contribution in [3.05, 3.63) is 47.3 Å². The molecule has 0 radical (unpaired) electrons. The lowest BCUT2D eigenvalue weighted by Gasteiger charge is -2.06. The normalized spacial score (nSPS) is 17.4. The van der Waals surface area contributed by atoms with Gasteiger partial charge < -0.3 is 0 Å². The van der Waals surface area contributed by atoms with Crippen LogP contribution in [-0.4, -0.2) is 13.8 Å². The highest BCUT2D eigenvalue weighted by Crippen LogP contribution is 2.36. The van der Waals surface area contributed by atoms with Crippen molar-refractivity contribution in [1.29, 1.82) is 0 Å². The minimum Gasteiger partial charge on any atom is -0.296 e. The molecule has 0 aromatic heterocycles. The van der Waals surface area contributed by atoms with Gasteiger partial charge in [0.2, 0.25) is 9.84 Å². The Morgan fingerprint density at radius 2 is 1.94 bits per heavy atom. The molecular formula is C13H15NO2S. The molecule has 0 bridgehead atoms. The van der Waals surface area contributed by atoms with Crippen molar-refractivity contribution in [1.82, 2.24) is 0 Å². The summed E-state index contributed by atoms with van der Waals surface area (Å²) in [6, 6.07) is 9.06. The first-order valence-electron chi connectivity index (χ1n) is 5.74. The summed E-state index contributed by atoms with van der Waals surface area (Å²) in [6.45, 7) is 7.05. The van der Waals surface area contributed by atoms with Crippen LogP contribution >= 0.6 is 0 Å². The van der Waals surface area contributed by atoms with Gasteiger partial charge in [-0.15, -0.1) is 0 Å². The fourth-order valence-corrected chi connectivity index (χ4v) is 3.40. The average Bonchev–Trinajstić information content (AvgIpc) is 3.10. The molecule has 0 aliphatic heterocycles. The predicted octanol–water partition coefficient (Wildman–Crippen LogP) is 2.65. The fourth-order valence-electron chi connectivity index (χ4n) is 1.82. The molecule has 1 aliphatic carbocycles. The quantitative estimate of drug-likeness (QED) is 0.752. The molecule has 4 heteroatoms. The average molecular weight is 249 g/mol. The highest BCUT2D eigenvalue weighted by molar-refractivity contribution is 7.91. The second kappa shape index (κ2) is 4.89. The maximum atomic E-state index is 12.1. The molecule has 0 spiro atoms. The minimum atomic E-state index is -3.33. The first-order valence-corrected chi connectivity index (χ1v) is 7.45. The third-order valence-corrected chi connectivity index (χ3v) is 4.86. The first-order chi connectivity index (χ1) is 8.12. The van der Waals surface area contributed by atoms with E-state index in [0.717, 1.165) is 18.4 Å². The molecule has 1 aromatic carbocycles. The van der Waals surface area contributed by atoms with Gasteiger partial charge in [-0.2, -0.15) is 0 Å². The first kappa shape index (κ1) is 12.1. The number of hydrogen-bond acceptors (Lipinski definition) is 2. The van der Waals surface area contributed by atoms with Crippen molar-refractivity contribution in [2.75, 3.05) is 0 Å². The van der Waals surface area contributed by atoms with Crippen LogP contribution in [0.2, 0.25) is 0 Å². The van der Waals surface area contributed by atoms with Crippen molar-refractivity contribution in [3.8, 4) is 0 Å². The molecule has 0 saturated heterocycles. The van der Waals surface area contributed by atoms with E-state index >= 15 is 0 Å². The Balaban J connectivity index is 2.09. The van der Waals surface area contributed by atoms with Crippen LogP contribution in [0.5, 0.6) is 0 Å². The number of sulfone groups is 1. The van der Waals surface area contributed by atoms with Crippen molar-refractivity contribution >= 4 is 9.84 Å². The fraction of sp³-hybridized carbons (Fsp3) is 0.462. The van der Waals surface area contributed by atoms with Crippen molar-refractivity contribution in [2.45, 2.75) is 30.4 Å². The molecule has 3 nitrogen and oxygen atoms in total. The van der Waals surface area contributed by atoms with Gasteiger partial charge >= 0.3 is 5.37 Å². The van der Waals surface area contributed by atoms with E-state index in [9.17, 15) is 8.42 Å². The molecular weight excluding hydrogens is 234 g/mol. The van der Waals surface area contributed by atoms with Gasteiger partial charge in [0.1, 0.15) is 0 Å². The van der Waals surface area contributed by atoms with Crippen LogP contribution in [0, 0.1) is 12.5 Å². The number of benzene rings is 1. The van der Waals surface area contributed by atoms with E-state index < -0.39 is 15.2 Å². The van der Waals surface area contributed by atoms with E-state index in [0.29, 0.717) is 12.3 Å². The summed E-state index contributed by atoms with van der Waals surface area (Å²) in [6.07, 6.45) is 2.67. The summed E-state index contributed by atoms with van der Waals surface area (Å²) >= 11 is 0. The van der Waals surface area contributed by atoms with Gasteiger partial charge in [-0.3, -0.25) is 4.85 Å². The molecule has 1 aromatic rings. The van der Waals surface area contributed by atoms with E-state index in [-0.39, 0.29) is 5.75 Å². The van der Waals surface area contributed by atoms with Gasteiger partial charge in [-0.1, -0.05) is 30.3 Å². The van der Waals surface area contributed by atoms with Crippen LogP contribution in [0.3, 0.4) is 0 Å². The molecule has 0 amide bonds. The van der Waals surface area contributed by atoms with Crippen LogP contribution in [0.15, 0.2) is 30.3 Å². The second-order valence-corrected chi connectivity index (χ2v) is 6.71. The Morgan fingerprint density at radius 1 is 1.29 bits per heavy atom. The van der Waals surface area contributed by atoms with E-state index in [1.54, 1.807) is 12.1 Å². The van der Waals surface area contributed by atoms with Gasteiger partial charge in [0.25, 0.3) is 0 Å². The molecule has 1 aliphatic rings. The zero-order valence-corrected chi connectivity index (χ0v) is 10.4. The Hall–Kier alpha value is -1.34. The number of hydrogen-bond donors (Lipinski definition) is 0. The Labute approximate surface area is 102 Å². The standard InChI is InChI=1S/C13H15NO2S/c1-14-13(9-11-7-8-11)17(15,16)10-12-5-3-2-4-6-12/h2-6,11,13H,7-10H2. The van der Waals surface area contributed by atoms with Crippen LogP contribution in [0.4, 0.5) is 0 Å². The highest BCUT2D eigenvalue weighted by atomic mass is 32.2. The summed E-state index contributed by atoms with van der Waals surface area (Å²) in [5.74, 6) is 0.438. The summed E-state index contributed by atoms with van der Waals surface area (Å²) in [4.78, 5) is 3.30. The van der Waals surface area contributed by atoms with Gasteiger partial charge in [0.15, 0.2) is 0 Å². The molecule has 1 saturated carbocycles. The number of nitrogens with zero attached hydrogens (tertiary/aromatic N) is 1. The van der Waals surface area contributed by atoms with E-state index in [4.69, 9.17) is 6.57 Å². The largest absolute Gasteiger partial charge is 0.321 e. The predicted molar refractivity (Wildman–Crippen MR) is 66.8 cm³/mol. The molecule has 17 heavy (non-hydrogen) atoms. The molecule has 0 N–H and O–H groups in total. The topological polar surface area (TPSA) is 38.5 Å². The van der Waals surface area contributed by atoms with Crippen LogP contribution < -0.4 is 0 Å². The second-order valence-electron chi connectivity index (χ2n) is 4.56. The number of rotatable bonds is 5. The summed E-state index contributed by atoms with van der Waals surface area (Å²) in [5, 5.41) is -0.852. The molecule has 1 fully saturated rings. The monoisotopic (exact) mass is 249 g/mol. The Morgan fingerprint density at radius 3 is 2.47 bits per heavy atom. The lowest BCUT2D eigenvalue weighted by molar-refractivity contribution is 0.576. The van der Waals surface area contributed by atoms with E-state index in [2.05, 4.69) is 4.85 Å². The lowest BCUT2D eigenvalue weighted by atomic mass is 10.2. The highest BCUT2D eigenvalue weighted by Gasteiger charge is 2.37. The van der Waals surface area contributed by atoms with Crippen molar-refractivity contribution in [2.24, 2.45) is 5.92 Å². The van der Waals surface area contributed by atoms with Gasteiger partial charge in [-0.05, 0) is 24.3 Å². The van der Waals surface area contributed by atoms with Gasteiger partial charge in [0.05, 0.1) is 5.75 Å². The molecule has 1 atom stereocenters. The Bertz CT molecular complexity index is 512. The van der Waals surface area contributed by atoms with E-state index in [1.165, 1.54) is 0 Å². The summed E-state index contributed by atoms with van der Waals surface area (Å²) in [7, 11) is -3.33. The van der Waals surface area contributed by atoms with Gasteiger partial charge in [-0.25, -0.2) is 15.0 Å². The van der Waals surface area contributed by atoms with Crippen LogP contribution in [0.25, 0.3) is 4.85 Å². The maximum Gasteiger partial charge on any atom is 0.321 e. The van der Waals surface area contributed by atoms with Gasteiger partial charge in [0, 0.05) is 6.42 Å². The lowest BCUT2D eigenvalue weighted by Crippen LogP contribution is -2.20. The van der Waals surface area contributed by atoms with Crippen LogP contribution in [0.1, 0.15) is 24.8 Å². The summed E-state index contributed by atoms with van der Waals surface area (Å²) in [5.41, 5.74) is 0.761. The maximum absolute atomic E-state index is 12.1. The zero-order valence-electron chi connectivity index (χ0n) is 9.54. The zero-order chi connectivity index (χ0) is 12.3. The van der Waals surface area contributed by atoms with E-state index in [1.807, 2.05) is 18.2 Å². The SMILES string of the molecule is [C-]#[N+]C(CC1CC1)S(=O)(=O)Cc1ccccc1. The van der Waals surface area contributed by atoms with Crippen molar-refractivity contribution < 1.29 is 8.42 Å². The van der Waals surface area contributed by atoms with Crippen molar-refractivity contribution in [3.63, 3.8) is 0 Å². The molecule has 0 heterocycles. The molecule has 90 valence electrons. The smallest absolute Gasteiger partial charge is 0.296 e. The molecule has 2 rings (SSSR count). The third-order valence-electron chi connectivity index (χ3n) is 3.00. The molecule has 1 unspecified atom stereocenters. The minimum absolute atomic E-state index is 0.0202.